The van der Waals surface area contributed by atoms with Crippen molar-refractivity contribution < 1.29 is 9.90 Å². The third-order valence-corrected chi connectivity index (χ3v) is 2.29. The van der Waals surface area contributed by atoms with Crippen LogP contribution in [-0.4, -0.2) is 17.1 Å². The molecule has 0 radical (unpaired) electrons. The Morgan fingerprint density at radius 3 is 2.79 bits per heavy atom. The Morgan fingerprint density at radius 1 is 1.43 bits per heavy atom. The van der Waals surface area contributed by atoms with E-state index in [1.807, 2.05) is 6.07 Å². The van der Waals surface area contributed by atoms with Crippen LogP contribution in [0.2, 0.25) is 0 Å². The number of phenols is 1. The van der Waals surface area contributed by atoms with Crippen LogP contribution in [0.15, 0.2) is 24.3 Å². The van der Waals surface area contributed by atoms with Crippen LogP contribution in [0, 0.1) is 0 Å². The Bertz CT molecular complexity index is 345. The lowest BCUT2D eigenvalue weighted by atomic mass is 10.1. The van der Waals surface area contributed by atoms with Crippen LogP contribution < -0.4 is 5.32 Å². The summed E-state index contributed by atoms with van der Waals surface area (Å²) in [5, 5.41) is 12.3. The molecule has 1 aromatic rings. The van der Waals surface area contributed by atoms with Crippen molar-refractivity contribution in [2.75, 3.05) is 0 Å². The summed E-state index contributed by atoms with van der Waals surface area (Å²) in [7, 11) is 0. The second-order valence-corrected chi connectivity index (χ2v) is 3.65. The number of carbonyl (C=O) groups excluding carboxylic acids is 1. The van der Waals surface area contributed by atoms with E-state index in [1.54, 1.807) is 18.2 Å². The Morgan fingerprint density at radius 2 is 2.14 bits per heavy atom. The first-order valence-corrected chi connectivity index (χ1v) is 4.82. The fourth-order valence-electron chi connectivity index (χ4n) is 1.34. The van der Waals surface area contributed by atoms with E-state index in [2.05, 4.69) is 5.32 Å². The van der Waals surface area contributed by atoms with Crippen molar-refractivity contribution in [1.82, 2.24) is 5.32 Å². The molecule has 0 spiro atoms. The molecule has 14 heavy (non-hydrogen) atoms. The molecule has 0 atom stereocenters. The van der Waals surface area contributed by atoms with E-state index in [-0.39, 0.29) is 18.1 Å². The predicted molar refractivity (Wildman–Crippen MR) is 53.0 cm³/mol. The topological polar surface area (TPSA) is 49.3 Å². The fourth-order valence-corrected chi connectivity index (χ4v) is 1.34. The molecule has 0 aliphatic heterocycles. The Kier molecular flexibility index (Phi) is 2.39. The van der Waals surface area contributed by atoms with Crippen LogP contribution in [0.25, 0.3) is 0 Å². The number of carbonyl (C=O) groups is 1. The van der Waals surface area contributed by atoms with Gasteiger partial charge in [0.05, 0.1) is 6.42 Å². The van der Waals surface area contributed by atoms with Gasteiger partial charge in [0.1, 0.15) is 5.75 Å². The van der Waals surface area contributed by atoms with Gasteiger partial charge in [-0.2, -0.15) is 0 Å². The SMILES string of the molecule is O=C(Cc1ccccc1O)NC1CC1. The van der Waals surface area contributed by atoms with Crippen molar-refractivity contribution in [3.8, 4) is 5.75 Å². The van der Waals surface area contributed by atoms with Gasteiger partial charge in [0, 0.05) is 11.6 Å². The van der Waals surface area contributed by atoms with Gasteiger partial charge >= 0.3 is 0 Å². The average Bonchev–Trinajstić information content (AvgIpc) is 2.93. The number of amides is 1. The third kappa shape index (κ3) is 2.25. The van der Waals surface area contributed by atoms with Gasteiger partial charge in [0.2, 0.25) is 5.91 Å². The zero-order valence-corrected chi connectivity index (χ0v) is 7.86. The van der Waals surface area contributed by atoms with Gasteiger partial charge < -0.3 is 10.4 Å². The van der Waals surface area contributed by atoms with E-state index in [9.17, 15) is 9.90 Å². The van der Waals surface area contributed by atoms with Crippen molar-refractivity contribution in [1.29, 1.82) is 0 Å². The molecule has 2 N–H and O–H groups in total. The summed E-state index contributed by atoms with van der Waals surface area (Å²) in [6, 6.07) is 7.31. The number of hydrogen-bond donors (Lipinski definition) is 2. The lowest BCUT2D eigenvalue weighted by Gasteiger charge is -2.04. The maximum Gasteiger partial charge on any atom is 0.224 e. The molecule has 1 saturated carbocycles. The van der Waals surface area contributed by atoms with E-state index >= 15 is 0 Å². The first-order valence-electron chi connectivity index (χ1n) is 4.82. The number of phenolic OH excluding ortho intramolecular Hbond substituents is 1. The number of hydrogen-bond acceptors (Lipinski definition) is 2. The molecular formula is C11H13NO2. The normalized spacial score (nSPS) is 15.1. The predicted octanol–water partition coefficient (Wildman–Crippen LogP) is 1.21. The first-order chi connectivity index (χ1) is 6.75. The van der Waals surface area contributed by atoms with E-state index in [1.165, 1.54) is 0 Å². The Balaban J connectivity index is 1.95. The van der Waals surface area contributed by atoms with E-state index in [0.29, 0.717) is 11.6 Å². The molecule has 74 valence electrons. The molecular weight excluding hydrogens is 178 g/mol. The monoisotopic (exact) mass is 191 g/mol. The van der Waals surface area contributed by atoms with Crippen LogP contribution in [0.5, 0.6) is 5.75 Å². The van der Waals surface area contributed by atoms with Gasteiger partial charge in [-0.3, -0.25) is 4.79 Å². The van der Waals surface area contributed by atoms with Gasteiger partial charge in [-0.05, 0) is 18.9 Å². The highest BCUT2D eigenvalue weighted by Gasteiger charge is 2.23. The van der Waals surface area contributed by atoms with Crippen LogP contribution in [0.3, 0.4) is 0 Å². The highest BCUT2D eigenvalue weighted by molar-refractivity contribution is 5.79. The first kappa shape index (κ1) is 9.06. The summed E-state index contributed by atoms with van der Waals surface area (Å²) < 4.78 is 0. The summed E-state index contributed by atoms with van der Waals surface area (Å²) in [6.45, 7) is 0. The highest BCUT2D eigenvalue weighted by atomic mass is 16.3. The van der Waals surface area contributed by atoms with Crippen LogP contribution in [0.1, 0.15) is 18.4 Å². The van der Waals surface area contributed by atoms with E-state index in [0.717, 1.165) is 12.8 Å². The van der Waals surface area contributed by atoms with E-state index in [4.69, 9.17) is 0 Å². The van der Waals surface area contributed by atoms with Crippen LogP contribution in [0.4, 0.5) is 0 Å². The molecule has 0 heterocycles. The minimum Gasteiger partial charge on any atom is -0.508 e. The molecule has 2 rings (SSSR count). The maximum atomic E-state index is 11.4. The zero-order chi connectivity index (χ0) is 9.97. The number of para-hydroxylation sites is 1. The van der Waals surface area contributed by atoms with Gasteiger partial charge in [0.25, 0.3) is 0 Å². The van der Waals surface area contributed by atoms with E-state index < -0.39 is 0 Å². The molecule has 1 amide bonds. The minimum atomic E-state index is -0.00556. The maximum absolute atomic E-state index is 11.4. The molecule has 3 heteroatoms. The third-order valence-electron chi connectivity index (χ3n) is 2.29. The summed E-state index contributed by atoms with van der Waals surface area (Å²) in [5.74, 6) is 0.187. The van der Waals surface area contributed by atoms with Crippen molar-refractivity contribution in [2.24, 2.45) is 0 Å². The quantitative estimate of drug-likeness (QED) is 0.754. The average molecular weight is 191 g/mol. The molecule has 1 aromatic carbocycles. The lowest BCUT2D eigenvalue weighted by molar-refractivity contribution is -0.120. The summed E-state index contributed by atoms with van der Waals surface area (Å²) >= 11 is 0. The van der Waals surface area contributed by atoms with Gasteiger partial charge in [0.15, 0.2) is 0 Å². The lowest BCUT2D eigenvalue weighted by Crippen LogP contribution is -2.26. The van der Waals surface area contributed by atoms with Crippen molar-refractivity contribution >= 4 is 5.91 Å². The largest absolute Gasteiger partial charge is 0.508 e. The van der Waals surface area contributed by atoms with Crippen molar-refractivity contribution in [2.45, 2.75) is 25.3 Å². The molecule has 0 saturated heterocycles. The summed E-state index contributed by atoms with van der Waals surface area (Å²) in [6.07, 6.45) is 2.45. The van der Waals surface area contributed by atoms with Crippen LogP contribution >= 0.6 is 0 Å². The number of aromatic hydroxyl groups is 1. The highest BCUT2D eigenvalue weighted by Crippen LogP contribution is 2.20. The Hall–Kier alpha value is -1.51. The smallest absolute Gasteiger partial charge is 0.224 e. The zero-order valence-electron chi connectivity index (χ0n) is 7.86. The van der Waals surface area contributed by atoms with Gasteiger partial charge in [-0.25, -0.2) is 0 Å². The molecule has 0 unspecified atom stereocenters. The van der Waals surface area contributed by atoms with Crippen molar-refractivity contribution in [3.05, 3.63) is 29.8 Å². The van der Waals surface area contributed by atoms with Crippen molar-refractivity contribution in [3.63, 3.8) is 0 Å². The molecule has 1 aliphatic carbocycles. The second kappa shape index (κ2) is 3.70. The number of benzene rings is 1. The summed E-state index contributed by atoms with van der Waals surface area (Å²) in [5.41, 5.74) is 0.686. The number of rotatable bonds is 3. The Labute approximate surface area is 82.8 Å². The standard InChI is InChI=1S/C11H13NO2/c13-10-4-2-1-3-8(10)7-11(14)12-9-5-6-9/h1-4,9,13H,5-7H2,(H,12,14). The number of nitrogens with one attached hydrogen (secondary N) is 1. The molecule has 0 aromatic heterocycles. The minimum absolute atomic E-state index is 0.00556. The van der Waals surface area contributed by atoms with Crippen LogP contribution in [-0.2, 0) is 11.2 Å². The molecule has 0 bridgehead atoms. The summed E-state index contributed by atoms with van der Waals surface area (Å²) in [4.78, 5) is 11.4. The fraction of sp³-hybridized carbons (Fsp3) is 0.364. The second-order valence-electron chi connectivity index (χ2n) is 3.65. The van der Waals surface area contributed by atoms with Gasteiger partial charge in [-0.1, -0.05) is 18.2 Å². The molecule has 3 nitrogen and oxygen atoms in total. The van der Waals surface area contributed by atoms with Gasteiger partial charge in [-0.15, -0.1) is 0 Å². The molecule has 1 aliphatic rings. The molecule has 1 fully saturated rings.